The van der Waals surface area contributed by atoms with E-state index in [-0.39, 0.29) is 17.9 Å². The summed E-state index contributed by atoms with van der Waals surface area (Å²) in [6, 6.07) is 22.0. The number of para-hydroxylation sites is 1. The van der Waals surface area contributed by atoms with Crippen LogP contribution in [-0.2, 0) is 16.1 Å². The molecule has 1 N–H and O–H groups in total. The lowest BCUT2D eigenvalue weighted by Gasteiger charge is -2.36. The summed E-state index contributed by atoms with van der Waals surface area (Å²) in [5.74, 6) is 0.179. The van der Waals surface area contributed by atoms with E-state index in [1.807, 2.05) is 67.3 Å². The molecule has 0 bridgehead atoms. The molecule has 4 rings (SSSR count). The molecule has 1 aliphatic heterocycles. The number of unbranched alkanes of at least 4 members (excludes halogenated alkanes) is 1. The highest BCUT2D eigenvalue weighted by Gasteiger charge is 2.39. The Bertz CT molecular complexity index is 1270. The van der Waals surface area contributed by atoms with Gasteiger partial charge in [0.05, 0.1) is 30.8 Å². The monoisotopic (exact) mass is 530 g/mol. The first kappa shape index (κ1) is 27.8. The highest BCUT2D eigenvalue weighted by Crippen LogP contribution is 2.42. The molecule has 0 fully saturated rings. The fourth-order valence-corrected chi connectivity index (χ4v) is 5.90. The molecule has 0 saturated heterocycles. The number of fused-ring (bicyclic) bond motifs is 1. The standard InChI is InChI=1S/C32H38N2O3S/c1-6-7-18-37-27-16-14-25(15-17-27)24(5)33-31(35)23(4)30-32(36)34(28-10-8-9-11-29(28)38-30)20-26-19-21(2)12-13-22(26)3/h8-17,19,23-24,30H,6-7,18,20H2,1-5H3,(H,33,35). The number of anilines is 1. The van der Waals surface area contributed by atoms with Crippen LogP contribution in [-0.4, -0.2) is 23.7 Å². The van der Waals surface area contributed by atoms with Crippen LogP contribution in [0.25, 0.3) is 0 Å². The average Bonchev–Trinajstić information content (AvgIpc) is 2.92. The molecule has 38 heavy (non-hydrogen) atoms. The van der Waals surface area contributed by atoms with Gasteiger partial charge < -0.3 is 15.0 Å². The van der Waals surface area contributed by atoms with Crippen molar-refractivity contribution >= 4 is 29.3 Å². The van der Waals surface area contributed by atoms with Gasteiger partial charge in [0.1, 0.15) is 11.0 Å². The number of amides is 2. The van der Waals surface area contributed by atoms with Gasteiger partial charge in [0.2, 0.25) is 11.8 Å². The van der Waals surface area contributed by atoms with Crippen LogP contribution in [0.3, 0.4) is 0 Å². The summed E-state index contributed by atoms with van der Waals surface area (Å²) in [4.78, 5) is 30.1. The molecule has 5 nitrogen and oxygen atoms in total. The molecule has 0 aliphatic carbocycles. The highest BCUT2D eigenvalue weighted by molar-refractivity contribution is 8.01. The van der Waals surface area contributed by atoms with E-state index in [9.17, 15) is 9.59 Å². The molecular formula is C32H38N2O3S. The highest BCUT2D eigenvalue weighted by atomic mass is 32.2. The van der Waals surface area contributed by atoms with Gasteiger partial charge in [-0.05, 0) is 68.1 Å². The smallest absolute Gasteiger partial charge is 0.241 e. The van der Waals surface area contributed by atoms with E-state index >= 15 is 0 Å². The number of carbonyl (C=O) groups is 2. The maximum Gasteiger partial charge on any atom is 0.241 e. The van der Waals surface area contributed by atoms with E-state index in [0.29, 0.717) is 13.2 Å². The average molecular weight is 531 g/mol. The molecule has 2 amide bonds. The van der Waals surface area contributed by atoms with Crippen molar-refractivity contribution in [3.05, 3.63) is 89.0 Å². The molecule has 0 aromatic heterocycles. The lowest BCUT2D eigenvalue weighted by Crippen LogP contribution is -2.47. The normalized spacial score (nSPS) is 16.5. The fourth-order valence-electron chi connectivity index (χ4n) is 4.61. The van der Waals surface area contributed by atoms with Gasteiger partial charge in [-0.2, -0.15) is 0 Å². The Labute approximate surface area is 231 Å². The third-order valence-corrected chi connectivity index (χ3v) is 8.59. The van der Waals surface area contributed by atoms with Crippen molar-refractivity contribution < 1.29 is 14.3 Å². The number of ether oxygens (including phenoxy) is 1. The molecule has 0 saturated carbocycles. The summed E-state index contributed by atoms with van der Waals surface area (Å²) in [5.41, 5.74) is 5.33. The maximum absolute atomic E-state index is 13.8. The summed E-state index contributed by atoms with van der Waals surface area (Å²) in [6.07, 6.45) is 2.12. The summed E-state index contributed by atoms with van der Waals surface area (Å²) in [7, 11) is 0. The van der Waals surface area contributed by atoms with Crippen molar-refractivity contribution in [3.8, 4) is 5.75 Å². The number of hydrogen-bond donors (Lipinski definition) is 1. The first-order chi connectivity index (χ1) is 18.3. The Morgan fingerprint density at radius 3 is 2.53 bits per heavy atom. The summed E-state index contributed by atoms with van der Waals surface area (Å²) >= 11 is 1.49. The molecule has 6 heteroatoms. The van der Waals surface area contributed by atoms with Crippen molar-refractivity contribution in [2.45, 2.75) is 70.2 Å². The predicted octanol–water partition coefficient (Wildman–Crippen LogP) is 7.00. The Morgan fingerprint density at radius 1 is 1.05 bits per heavy atom. The zero-order valence-corrected chi connectivity index (χ0v) is 23.8. The lowest BCUT2D eigenvalue weighted by atomic mass is 10.0. The number of carbonyl (C=O) groups excluding carboxylic acids is 2. The molecular weight excluding hydrogens is 492 g/mol. The van der Waals surface area contributed by atoms with Crippen LogP contribution < -0.4 is 15.0 Å². The van der Waals surface area contributed by atoms with E-state index < -0.39 is 11.2 Å². The third kappa shape index (κ3) is 6.41. The molecule has 3 aromatic carbocycles. The van der Waals surface area contributed by atoms with Crippen molar-refractivity contribution in [1.29, 1.82) is 0 Å². The van der Waals surface area contributed by atoms with E-state index in [4.69, 9.17) is 4.74 Å². The number of nitrogens with one attached hydrogen (secondary N) is 1. The third-order valence-electron chi connectivity index (χ3n) is 7.13. The van der Waals surface area contributed by atoms with Crippen LogP contribution in [0.4, 0.5) is 5.69 Å². The molecule has 3 aromatic rings. The van der Waals surface area contributed by atoms with Gasteiger partial charge in [-0.15, -0.1) is 11.8 Å². The van der Waals surface area contributed by atoms with E-state index in [1.54, 1.807) is 0 Å². The minimum atomic E-state index is -0.503. The number of thioether (sulfide) groups is 1. The number of benzene rings is 3. The van der Waals surface area contributed by atoms with Gasteiger partial charge >= 0.3 is 0 Å². The van der Waals surface area contributed by atoms with E-state index in [1.165, 1.54) is 11.8 Å². The summed E-state index contributed by atoms with van der Waals surface area (Å²) in [5, 5.41) is 2.62. The van der Waals surface area contributed by atoms with Crippen LogP contribution in [0.5, 0.6) is 5.75 Å². The van der Waals surface area contributed by atoms with Gasteiger partial charge in [0.15, 0.2) is 0 Å². The van der Waals surface area contributed by atoms with Crippen molar-refractivity contribution in [3.63, 3.8) is 0 Å². The number of aryl methyl sites for hydroxylation is 2. The zero-order chi connectivity index (χ0) is 27.2. The van der Waals surface area contributed by atoms with Gasteiger partial charge in [0, 0.05) is 4.90 Å². The minimum absolute atomic E-state index is 0.0292. The number of nitrogens with zero attached hydrogens (tertiary/aromatic N) is 1. The Kier molecular flexibility index (Phi) is 9.16. The Morgan fingerprint density at radius 2 is 1.79 bits per heavy atom. The molecule has 0 spiro atoms. The van der Waals surface area contributed by atoms with Crippen molar-refractivity contribution in [2.24, 2.45) is 5.92 Å². The Balaban J connectivity index is 1.48. The van der Waals surface area contributed by atoms with Crippen LogP contribution in [0.2, 0.25) is 0 Å². The molecule has 200 valence electrons. The molecule has 3 atom stereocenters. The fraction of sp³-hybridized carbons (Fsp3) is 0.375. The van der Waals surface area contributed by atoms with Gasteiger partial charge in [-0.1, -0.05) is 68.3 Å². The second-order valence-electron chi connectivity index (χ2n) is 10.2. The van der Waals surface area contributed by atoms with Gasteiger partial charge in [-0.25, -0.2) is 0 Å². The SMILES string of the molecule is CCCCOc1ccc(C(C)NC(=O)C(C)C2Sc3ccccc3N(Cc3cc(C)ccc3C)C2=O)cc1. The zero-order valence-electron chi connectivity index (χ0n) is 23.0. The summed E-state index contributed by atoms with van der Waals surface area (Å²) < 4.78 is 5.75. The van der Waals surface area contributed by atoms with Crippen LogP contribution in [0, 0.1) is 19.8 Å². The van der Waals surface area contributed by atoms with Crippen LogP contribution in [0.1, 0.15) is 61.9 Å². The first-order valence-electron chi connectivity index (χ1n) is 13.4. The topological polar surface area (TPSA) is 58.6 Å². The number of hydrogen-bond acceptors (Lipinski definition) is 4. The largest absolute Gasteiger partial charge is 0.494 e. The van der Waals surface area contributed by atoms with Crippen molar-refractivity contribution in [1.82, 2.24) is 5.32 Å². The second-order valence-corrected chi connectivity index (χ2v) is 11.3. The first-order valence-corrected chi connectivity index (χ1v) is 14.3. The molecule has 0 radical (unpaired) electrons. The summed E-state index contributed by atoms with van der Waals surface area (Å²) in [6.45, 7) is 11.3. The van der Waals surface area contributed by atoms with Gasteiger partial charge in [0.25, 0.3) is 0 Å². The van der Waals surface area contributed by atoms with E-state index in [2.05, 4.69) is 44.3 Å². The lowest BCUT2D eigenvalue weighted by molar-refractivity contribution is -0.128. The van der Waals surface area contributed by atoms with Crippen molar-refractivity contribution in [2.75, 3.05) is 11.5 Å². The number of rotatable bonds is 10. The van der Waals surface area contributed by atoms with Gasteiger partial charge in [-0.3, -0.25) is 9.59 Å². The quantitative estimate of drug-likeness (QED) is 0.287. The Hall–Kier alpha value is -3.25. The second kappa shape index (κ2) is 12.5. The molecule has 1 aliphatic rings. The van der Waals surface area contributed by atoms with Crippen LogP contribution in [0.15, 0.2) is 71.6 Å². The minimum Gasteiger partial charge on any atom is -0.494 e. The molecule has 1 heterocycles. The predicted molar refractivity (Wildman–Crippen MR) is 156 cm³/mol. The molecule has 3 unspecified atom stereocenters. The van der Waals surface area contributed by atoms with E-state index in [0.717, 1.165) is 51.4 Å². The maximum atomic E-state index is 13.8. The van der Waals surface area contributed by atoms with Crippen LogP contribution >= 0.6 is 11.8 Å².